The molecular weight excluding hydrogens is 1640 g/mol. The number of hydrogen-bond acceptors (Lipinski definition) is 14. The molecule has 12 aromatic carbocycles. The van der Waals surface area contributed by atoms with Crippen molar-refractivity contribution in [1.29, 1.82) is 0 Å². The number of rotatable bonds is 9. The van der Waals surface area contributed by atoms with Crippen molar-refractivity contribution < 1.29 is 4.42 Å². The van der Waals surface area contributed by atoms with Crippen molar-refractivity contribution in [2.45, 2.75) is 0 Å². The van der Waals surface area contributed by atoms with Gasteiger partial charge in [0.05, 0.1) is 43.2 Å². The number of thiophene rings is 2. The Hall–Kier alpha value is -11.8. The van der Waals surface area contributed by atoms with Gasteiger partial charge in [0.2, 0.25) is 10.6 Å². The van der Waals surface area contributed by atoms with Gasteiger partial charge in [0.15, 0.2) is 33.6 Å². The molecule has 0 radical (unpaired) electrons. The molecule has 8 heterocycles. The lowest BCUT2D eigenvalue weighted by Crippen LogP contribution is -1.96. The van der Waals surface area contributed by atoms with Crippen LogP contribution in [-0.4, -0.2) is 54.8 Å². The summed E-state index contributed by atoms with van der Waals surface area (Å²) < 4.78 is 13.5. The Labute approximate surface area is 675 Å². The normalized spacial score (nSPS) is 11.0. The van der Waals surface area contributed by atoms with Gasteiger partial charge in [0.25, 0.3) is 0 Å². The monoisotopic (exact) mass is 1690 g/mol. The van der Waals surface area contributed by atoms with Crippen LogP contribution >= 0.6 is 93.7 Å². The Balaban J connectivity index is 0.000000105. The number of benzene rings is 12. The van der Waals surface area contributed by atoms with E-state index in [2.05, 4.69) is 174 Å². The average molecular weight is 1690 g/mol. The van der Waals surface area contributed by atoms with Gasteiger partial charge < -0.3 is 4.42 Å². The standard InChI is InChI=1S/C22H13BrN2O.C22H13BrN2S.C16H9BrN2S.C16H11ClN2.C15H10ClN3/c2*23-16-10-6-9-15(13-16)22-24-19(14-7-2-1-3-8-14)21-20(25-22)17-11-4-5-12-18(17)26-21;17-16-18-13(10-6-2-1-3-7-10)15-14(19-16)11-8-4-5-9-12(11)20-15;17-16-18-14(12-7-3-1-4-8-12)11-15(19-16)13-9-5-2-6-10-13;16-15-18-13(11-7-3-1-4-8-11)17-14(19-15)12-9-5-2-6-10-12/h2*1-13H;1-9H;1-11H;1-10H. The Morgan fingerprint density at radius 1 is 0.255 bits per heavy atom. The van der Waals surface area contributed by atoms with Crippen LogP contribution < -0.4 is 0 Å². The van der Waals surface area contributed by atoms with E-state index in [-0.39, 0.29) is 10.6 Å². The molecule has 8 aromatic heterocycles. The molecule has 0 aliphatic rings. The maximum Gasteiger partial charge on any atom is 0.226 e. The van der Waals surface area contributed by atoms with Gasteiger partial charge in [0, 0.05) is 84.6 Å². The number of halogens is 5. The van der Waals surface area contributed by atoms with Crippen LogP contribution in [0.3, 0.4) is 0 Å². The van der Waals surface area contributed by atoms with E-state index in [4.69, 9.17) is 47.6 Å². The molecule has 0 aliphatic heterocycles. The molecule has 0 amide bonds. The second kappa shape index (κ2) is 33.8. The Bertz CT molecular complexity index is 6180. The highest BCUT2D eigenvalue weighted by atomic mass is 79.9. The van der Waals surface area contributed by atoms with Crippen molar-refractivity contribution in [2.75, 3.05) is 0 Å². The largest absolute Gasteiger partial charge is 0.452 e. The van der Waals surface area contributed by atoms with Gasteiger partial charge in [0.1, 0.15) is 16.8 Å². The third-order valence-corrected chi connectivity index (χ3v) is 21.5. The summed E-state index contributed by atoms with van der Waals surface area (Å²) in [4.78, 5) is 50.1. The highest BCUT2D eigenvalue weighted by molar-refractivity contribution is 9.11. The summed E-state index contributed by atoms with van der Waals surface area (Å²) in [6, 6.07) is 113. The first kappa shape index (κ1) is 72.4. The Kier molecular flexibility index (Phi) is 22.3. The number of furan rings is 1. The fourth-order valence-corrected chi connectivity index (χ4v) is 16.2. The molecule has 0 saturated heterocycles. The van der Waals surface area contributed by atoms with Crippen LogP contribution in [0.4, 0.5) is 0 Å². The van der Waals surface area contributed by atoms with Crippen molar-refractivity contribution in [1.82, 2.24) is 54.8 Å². The molecule has 0 aliphatic carbocycles. The van der Waals surface area contributed by atoms with E-state index in [1.165, 1.54) is 20.2 Å². The second-order valence-electron chi connectivity index (χ2n) is 24.7. The molecule has 0 bridgehead atoms. The van der Waals surface area contributed by atoms with Gasteiger partial charge in [-0.3, -0.25) is 0 Å². The lowest BCUT2D eigenvalue weighted by Gasteiger charge is -2.07. The lowest BCUT2D eigenvalue weighted by atomic mass is 10.1. The summed E-state index contributed by atoms with van der Waals surface area (Å²) in [6.07, 6.45) is 0. The zero-order valence-corrected chi connectivity index (χ0v) is 65.8. The maximum atomic E-state index is 6.12. The Morgan fingerprint density at radius 3 is 1.06 bits per heavy atom. The number of nitrogens with zero attached hydrogens (tertiary/aromatic N) is 11. The van der Waals surface area contributed by atoms with Crippen LogP contribution in [0.1, 0.15) is 0 Å². The van der Waals surface area contributed by atoms with E-state index in [1.54, 1.807) is 22.7 Å². The molecule has 0 atom stereocenters. The van der Waals surface area contributed by atoms with Crippen LogP contribution in [0, 0.1) is 0 Å². The minimum atomic E-state index is 0.202. The van der Waals surface area contributed by atoms with Crippen molar-refractivity contribution in [2.24, 2.45) is 0 Å². The lowest BCUT2D eigenvalue weighted by molar-refractivity contribution is 0.667. The SMILES string of the molecule is Brc1cccc(-c2nc(-c3ccccc3)c3oc4ccccc4c3n2)c1.Brc1cccc(-c2nc(-c3ccccc3)c3sc4ccccc4c3n2)c1.Brc1nc(-c2ccccc2)c2sc3ccccc3c2n1.Clc1nc(-c2ccccc2)cc(-c2ccccc2)n1.Clc1nc(-c2ccccc2)nc(-c2ccccc2)n1. The van der Waals surface area contributed by atoms with Crippen molar-refractivity contribution in [3.63, 3.8) is 0 Å². The molecule has 0 N–H and O–H groups in total. The van der Waals surface area contributed by atoms with Crippen LogP contribution in [-0.2, 0) is 0 Å². The summed E-state index contributed by atoms with van der Waals surface area (Å²) in [5.41, 5.74) is 18.0. The summed E-state index contributed by atoms with van der Waals surface area (Å²) in [7, 11) is 0. The van der Waals surface area contributed by atoms with Gasteiger partial charge in [-0.1, -0.05) is 317 Å². The topological polar surface area (TPSA) is 155 Å². The van der Waals surface area contributed by atoms with Gasteiger partial charge in [-0.15, -0.1) is 22.7 Å². The predicted molar refractivity (Wildman–Crippen MR) is 463 cm³/mol. The second-order valence-corrected chi connectivity index (χ2v) is 30.0. The van der Waals surface area contributed by atoms with E-state index in [1.807, 2.05) is 249 Å². The zero-order valence-electron chi connectivity index (χ0n) is 57.9. The molecule has 0 fully saturated rings. The van der Waals surface area contributed by atoms with Crippen molar-refractivity contribution in [3.05, 3.63) is 364 Å². The van der Waals surface area contributed by atoms with Gasteiger partial charge in [-0.05, 0) is 93.7 Å². The first-order valence-corrected chi connectivity index (χ1v) is 39.4. The summed E-state index contributed by atoms with van der Waals surface area (Å²) in [5, 5.41) is 3.84. The molecule has 528 valence electrons. The molecular formula is C91H56Br3Cl2N11OS2. The van der Waals surface area contributed by atoms with Gasteiger partial charge in [-0.2, -0.15) is 9.97 Å². The van der Waals surface area contributed by atoms with Crippen LogP contribution in [0.25, 0.3) is 165 Å². The number of hydrogen-bond donors (Lipinski definition) is 0. The summed E-state index contributed by atoms with van der Waals surface area (Å²) in [6.45, 7) is 0. The van der Waals surface area contributed by atoms with Crippen molar-refractivity contribution in [3.8, 4) is 102 Å². The van der Waals surface area contributed by atoms with Crippen LogP contribution in [0.15, 0.2) is 358 Å². The third kappa shape index (κ3) is 16.6. The highest BCUT2D eigenvalue weighted by Crippen LogP contribution is 2.42. The quantitative estimate of drug-likeness (QED) is 0.126. The fourth-order valence-electron chi connectivity index (χ4n) is 12.3. The third-order valence-electron chi connectivity index (χ3n) is 17.4. The van der Waals surface area contributed by atoms with E-state index in [0.717, 1.165) is 136 Å². The molecule has 0 spiro atoms. The van der Waals surface area contributed by atoms with Crippen molar-refractivity contribution >= 4 is 156 Å². The average Bonchev–Trinajstić information content (AvgIpc) is 1.61. The summed E-state index contributed by atoms with van der Waals surface area (Å²) in [5.74, 6) is 2.60. The molecule has 110 heavy (non-hydrogen) atoms. The minimum absolute atomic E-state index is 0.202. The maximum absolute atomic E-state index is 6.12. The summed E-state index contributed by atoms with van der Waals surface area (Å²) >= 11 is 26.0. The number of para-hydroxylation sites is 1. The zero-order chi connectivity index (χ0) is 74.7. The van der Waals surface area contributed by atoms with Crippen LogP contribution in [0.2, 0.25) is 10.6 Å². The first-order chi connectivity index (χ1) is 54.1. The first-order valence-electron chi connectivity index (χ1n) is 34.7. The van der Waals surface area contributed by atoms with Gasteiger partial charge >= 0.3 is 0 Å². The fraction of sp³-hybridized carbons (Fsp3) is 0. The molecule has 0 unspecified atom stereocenters. The van der Waals surface area contributed by atoms with E-state index < -0.39 is 0 Å². The van der Waals surface area contributed by atoms with E-state index in [9.17, 15) is 0 Å². The molecule has 20 aromatic rings. The minimum Gasteiger partial charge on any atom is -0.452 e. The van der Waals surface area contributed by atoms with E-state index >= 15 is 0 Å². The van der Waals surface area contributed by atoms with Gasteiger partial charge in [-0.25, -0.2) is 44.9 Å². The highest BCUT2D eigenvalue weighted by Gasteiger charge is 2.21. The molecule has 0 saturated carbocycles. The van der Waals surface area contributed by atoms with Crippen LogP contribution in [0.5, 0.6) is 0 Å². The Morgan fingerprint density at radius 2 is 0.600 bits per heavy atom. The smallest absolute Gasteiger partial charge is 0.226 e. The predicted octanol–water partition coefficient (Wildman–Crippen LogP) is 27.0. The molecule has 12 nitrogen and oxygen atoms in total. The van der Waals surface area contributed by atoms with E-state index in [0.29, 0.717) is 22.2 Å². The number of aromatic nitrogens is 11. The molecule has 20 rings (SSSR count). The number of fused-ring (bicyclic) bond motifs is 9. The molecule has 19 heteroatoms.